The van der Waals surface area contributed by atoms with E-state index >= 15 is 0 Å². The second-order valence-electron chi connectivity index (χ2n) is 5.32. The van der Waals surface area contributed by atoms with Gasteiger partial charge in [-0.15, -0.1) is 0 Å². The molecular weight excluding hydrogens is 264 g/mol. The van der Waals surface area contributed by atoms with Crippen LogP contribution in [0, 0.1) is 0 Å². The Morgan fingerprint density at radius 3 is 2.86 bits per heavy atom. The molecule has 4 nitrogen and oxygen atoms in total. The normalized spacial score (nSPS) is 15.3. The van der Waals surface area contributed by atoms with Gasteiger partial charge in [0.05, 0.1) is 11.1 Å². The highest BCUT2D eigenvalue weighted by molar-refractivity contribution is 6.02. The molecule has 2 aliphatic rings. The topological polar surface area (TPSA) is 26.4 Å². The molecule has 0 fully saturated rings. The van der Waals surface area contributed by atoms with Crippen molar-refractivity contribution in [2.75, 3.05) is 6.79 Å². The van der Waals surface area contributed by atoms with Crippen LogP contribution in [0.4, 0.5) is 5.69 Å². The predicted molar refractivity (Wildman–Crippen MR) is 79.6 cm³/mol. The summed E-state index contributed by atoms with van der Waals surface area (Å²) in [4.78, 5) is 0. The van der Waals surface area contributed by atoms with E-state index in [0.29, 0.717) is 6.79 Å². The maximum absolute atomic E-state index is 5.60. The Balaban J connectivity index is 1.77. The summed E-state index contributed by atoms with van der Waals surface area (Å²) in [7, 11) is 0. The zero-order valence-electron chi connectivity index (χ0n) is 11.3. The van der Waals surface area contributed by atoms with E-state index in [2.05, 4.69) is 58.0 Å². The Labute approximate surface area is 121 Å². The fraction of sp³-hybridized carbons (Fsp3) is 0.118. The van der Waals surface area contributed by atoms with E-state index in [0.717, 1.165) is 29.1 Å². The molecule has 0 saturated carbocycles. The molecule has 0 unspecified atom stereocenters. The van der Waals surface area contributed by atoms with E-state index in [4.69, 9.17) is 9.47 Å². The van der Waals surface area contributed by atoms with Crippen LogP contribution in [0.1, 0.15) is 5.56 Å². The average molecular weight is 277 g/mol. The molecule has 3 heterocycles. The number of benzene rings is 2. The molecule has 3 aromatic rings. The van der Waals surface area contributed by atoms with Crippen LogP contribution in [0.2, 0.25) is 0 Å². The minimum atomic E-state index is 0.307. The van der Waals surface area contributed by atoms with Crippen molar-refractivity contribution in [1.82, 2.24) is 4.57 Å². The molecule has 5 rings (SSSR count). The summed E-state index contributed by atoms with van der Waals surface area (Å²) in [6.45, 7) is 1.11. The van der Waals surface area contributed by atoms with Gasteiger partial charge in [0.25, 0.3) is 0 Å². The number of para-hydroxylation sites is 1. The Morgan fingerprint density at radius 2 is 1.95 bits per heavy atom. The fourth-order valence-corrected chi connectivity index (χ4v) is 3.16. The van der Waals surface area contributed by atoms with Gasteiger partial charge in [0.1, 0.15) is 0 Å². The highest BCUT2D eigenvalue weighted by Crippen LogP contribution is 2.42. The maximum Gasteiger partial charge on any atom is 0.231 e. The van der Waals surface area contributed by atoms with Crippen LogP contribution in [0.5, 0.6) is 11.5 Å². The van der Waals surface area contributed by atoms with Gasteiger partial charge in [-0.2, -0.15) is 4.58 Å². The number of aromatic nitrogens is 1. The Morgan fingerprint density at radius 1 is 1.05 bits per heavy atom. The summed E-state index contributed by atoms with van der Waals surface area (Å²) in [5, 5.41) is 1.13. The van der Waals surface area contributed by atoms with Gasteiger partial charge in [-0.1, -0.05) is 18.2 Å². The minimum Gasteiger partial charge on any atom is -0.454 e. The lowest BCUT2D eigenvalue weighted by Gasteiger charge is -2.13. The Hall–Kier alpha value is -2.75. The number of hydrogen-bond acceptors (Lipinski definition) is 2. The largest absolute Gasteiger partial charge is 0.454 e. The van der Waals surface area contributed by atoms with Gasteiger partial charge in [0.2, 0.25) is 19.1 Å². The first-order chi connectivity index (χ1) is 10.4. The molecule has 102 valence electrons. The van der Waals surface area contributed by atoms with Gasteiger partial charge in [0, 0.05) is 23.7 Å². The highest BCUT2D eigenvalue weighted by atomic mass is 16.7. The lowest BCUT2D eigenvalue weighted by molar-refractivity contribution is -0.471. The SMILES string of the molecule is C1=[N+](c2ccccc2)Cn2ccc3c4c(cc1c32)OCO4. The van der Waals surface area contributed by atoms with Crippen LogP contribution in [-0.4, -0.2) is 22.2 Å². The van der Waals surface area contributed by atoms with Crippen LogP contribution in [-0.2, 0) is 6.67 Å². The van der Waals surface area contributed by atoms with Crippen molar-refractivity contribution < 1.29 is 14.0 Å². The molecule has 2 aliphatic heterocycles. The van der Waals surface area contributed by atoms with Crippen LogP contribution < -0.4 is 9.47 Å². The van der Waals surface area contributed by atoms with Crippen LogP contribution in [0.3, 0.4) is 0 Å². The van der Waals surface area contributed by atoms with Crippen LogP contribution in [0.15, 0.2) is 48.7 Å². The van der Waals surface area contributed by atoms with E-state index in [-0.39, 0.29) is 0 Å². The molecule has 0 spiro atoms. The molecule has 21 heavy (non-hydrogen) atoms. The van der Waals surface area contributed by atoms with Crippen LogP contribution in [0.25, 0.3) is 10.9 Å². The van der Waals surface area contributed by atoms with Crippen molar-refractivity contribution in [3.05, 3.63) is 54.2 Å². The monoisotopic (exact) mass is 277 g/mol. The third kappa shape index (κ3) is 1.47. The Kier molecular flexibility index (Phi) is 2.03. The first-order valence-corrected chi connectivity index (χ1v) is 6.98. The molecule has 0 saturated heterocycles. The number of hydrogen-bond donors (Lipinski definition) is 0. The first kappa shape index (κ1) is 11.0. The fourth-order valence-electron chi connectivity index (χ4n) is 3.16. The quantitative estimate of drug-likeness (QED) is 0.639. The zero-order valence-corrected chi connectivity index (χ0v) is 11.3. The molecule has 0 atom stereocenters. The number of rotatable bonds is 1. The Bertz CT molecular complexity index is 894. The molecule has 4 heteroatoms. The summed E-state index contributed by atoms with van der Waals surface area (Å²) in [5.74, 6) is 1.70. The molecule has 0 amide bonds. The van der Waals surface area contributed by atoms with Crippen molar-refractivity contribution in [2.24, 2.45) is 0 Å². The van der Waals surface area contributed by atoms with Gasteiger partial charge in [-0.25, -0.2) is 0 Å². The number of ether oxygens (including phenoxy) is 2. The van der Waals surface area contributed by atoms with Crippen molar-refractivity contribution in [3.8, 4) is 11.5 Å². The summed E-state index contributed by atoms with van der Waals surface area (Å²) >= 11 is 0. The smallest absolute Gasteiger partial charge is 0.231 e. The lowest BCUT2D eigenvalue weighted by atomic mass is 10.1. The lowest BCUT2D eigenvalue weighted by Crippen LogP contribution is -2.18. The summed E-state index contributed by atoms with van der Waals surface area (Å²) in [5.41, 5.74) is 3.56. The van der Waals surface area contributed by atoms with Crippen molar-refractivity contribution in [3.63, 3.8) is 0 Å². The molecule has 2 aromatic carbocycles. The molecule has 0 bridgehead atoms. The summed E-state index contributed by atoms with van der Waals surface area (Å²) < 4.78 is 15.6. The van der Waals surface area contributed by atoms with Gasteiger partial charge >= 0.3 is 0 Å². The van der Waals surface area contributed by atoms with E-state index in [9.17, 15) is 0 Å². The second-order valence-corrected chi connectivity index (χ2v) is 5.32. The van der Waals surface area contributed by atoms with Gasteiger partial charge in [-0.05, 0) is 12.1 Å². The second kappa shape index (κ2) is 3.88. The number of fused-ring (bicyclic) bond motifs is 2. The van der Waals surface area contributed by atoms with Crippen molar-refractivity contribution >= 4 is 22.8 Å². The van der Waals surface area contributed by atoms with Crippen LogP contribution >= 0.6 is 0 Å². The van der Waals surface area contributed by atoms with Gasteiger partial charge < -0.3 is 9.47 Å². The highest BCUT2D eigenvalue weighted by Gasteiger charge is 2.26. The first-order valence-electron chi connectivity index (χ1n) is 6.98. The van der Waals surface area contributed by atoms with Crippen molar-refractivity contribution in [1.29, 1.82) is 0 Å². The van der Waals surface area contributed by atoms with E-state index in [1.165, 1.54) is 11.2 Å². The average Bonchev–Trinajstić information content (AvgIpc) is 3.15. The molecule has 0 radical (unpaired) electrons. The van der Waals surface area contributed by atoms with Crippen molar-refractivity contribution in [2.45, 2.75) is 6.67 Å². The maximum atomic E-state index is 5.60. The number of nitrogens with zero attached hydrogens (tertiary/aromatic N) is 2. The summed E-state index contributed by atoms with van der Waals surface area (Å²) in [6.07, 6.45) is 4.29. The zero-order chi connectivity index (χ0) is 13.8. The van der Waals surface area contributed by atoms with Gasteiger partial charge in [-0.3, -0.25) is 4.57 Å². The minimum absolute atomic E-state index is 0.307. The third-order valence-electron chi connectivity index (χ3n) is 4.10. The predicted octanol–water partition coefficient (Wildman–Crippen LogP) is 3.10. The van der Waals surface area contributed by atoms with E-state index in [1.54, 1.807) is 0 Å². The molecule has 1 aromatic heterocycles. The third-order valence-corrected chi connectivity index (χ3v) is 4.10. The standard InChI is InChI=1S/C17H13N2O2/c1-2-4-13(5-3-1)19-9-12-8-15-17(21-11-20-15)14-6-7-18(10-19)16(12)14/h1-9H,10-11H2/q+1. The van der Waals surface area contributed by atoms with Gasteiger partial charge in [0.15, 0.2) is 17.7 Å². The molecular formula is C17H13N2O2+. The van der Waals surface area contributed by atoms with E-state index < -0.39 is 0 Å². The molecule has 0 N–H and O–H groups in total. The summed E-state index contributed by atoms with van der Waals surface area (Å²) in [6, 6.07) is 14.6. The van der Waals surface area contributed by atoms with E-state index in [1.807, 2.05) is 6.07 Å². The molecule has 0 aliphatic carbocycles.